The molecule has 0 heterocycles. The fraction of sp³-hybridized carbons (Fsp3) is 0.571. The highest BCUT2D eigenvalue weighted by atomic mass is 79.9. The van der Waals surface area contributed by atoms with Crippen molar-refractivity contribution < 1.29 is 8.42 Å². The summed E-state index contributed by atoms with van der Waals surface area (Å²) >= 11 is 3.33. The molecule has 2 rings (SSSR count). The van der Waals surface area contributed by atoms with Crippen LogP contribution in [0.15, 0.2) is 27.6 Å². The van der Waals surface area contributed by atoms with Crippen LogP contribution in [0.1, 0.15) is 39.2 Å². The lowest BCUT2D eigenvalue weighted by molar-refractivity contribution is 0.491. The van der Waals surface area contributed by atoms with Crippen LogP contribution in [0.3, 0.4) is 0 Å². The zero-order valence-electron chi connectivity index (χ0n) is 12.0. The van der Waals surface area contributed by atoms with Crippen molar-refractivity contribution in [1.82, 2.24) is 10.0 Å². The van der Waals surface area contributed by atoms with Crippen LogP contribution in [0.25, 0.3) is 0 Å². The Bertz CT molecular complexity index is 590. The highest BCUT2D eigenvalue weighted by molar-refractivity contribution is 9.10. The van der Waals surface area contributed by atoms with E-state index in [1.807, 2.05) is 26.8 Å². The lowest BCUT2D eigenvalue weighted by Crippen LogP contribution is -2.40. The monoisotopic (exact) mass is 360 g/mol. The Morgan fingerprint density at radius 2 is 1.95 bits per heavy atom. The van der Waals surface area contributed by atoms with Gasteiger partial charge in [0, 0.05) is 22.6 Å². The third kappa shape index (κ3) is 4.55. The minimum atomic E-state index is -3.52. The SMILES string of the molecule is CC(C)(C)NS(=O)(=O)c1cc(CNC2CC2)ccc1Br. The summed E-state index contributed by atoms with van der Waals surface area (Å²) in [6, 6.07) is 6.07. The lowest BCUT2D eigenvalue weighted by Gasteiger charge is -2.21. The Morgan fingerprint density at radius 1 is 1.30 bits per heavy atom. The molecule has 4 nitrogen and oxygen atoms in total. The molecular weight excluding hydrogens is 340 g/mol. The molecule has 112 valence electrons. The van der Waals surface area contributed by atoms with E-state index in [1.165, 1.54) is 12.8 Å². The number of rotatable bonds is 5. The Kier molecular flexibility index (Phi) is 4.59. The predicted molar refractivity (Wildman–Crippen MR) is 84.1 cm³/mol. The number of sulfonamides is 1. The maximum absolute atomic E-state index is 12.4. The van der Waals surface area contributed by atoms with Crippen LogP contribution in [-0.4, -0.2) is 20.0 Å². The molecule has 0 radical (unpaired) electrons. The fourth-order valence-corrected chi connectivity index (χ4v) is 4.30. The van der Waals surface area contributed by atoms with Crippen LogP contribution in [0.2, 0.25) is 0 Å². The molecule has 1 saturated carbocycles. The highest BCUT2D eigenvalue weighted by Gasteiger charge is 2.25. The van der Waals surface area contributed by atoms with Crippen molar-refractivity contribution in [3.63, 3.8) is 0 Å². The van der Waals surface area contributed by atoms with Crippen molar-refractivity contribution >= 4 is 26.0 Å². The second kappa shape index (κ2) is 5.75. The molecular formula is C14H21BrN2O2S. The quantitative estimate of drug-likeness (QED) is 0.848. The van der Waals surface area contributed by atoms with Gasteiger partial charge in [0.2, 0.25) is 10.0 Å². The molecule has 1 aliphatic rings. The summed E-state index contributed by atoms with van der Waals surface area (Å²) < 4.78 is 28.1. The topological polar surface area (TPSA) is 58.2 Å². The number of benzene rings is 1. The van der Waals surface area contributed by atoms with Crippen molar-refractivity contribution in [2.45, 2.75) is 56.6 Å². The van der Waals surface area contributed by atoms with Crippen LogP contribution in [-0.2, 0) is 16.6 Å². The second-order valence-electron chi connectivity index (χ2n) is 6.28. The summed E-state index contributed by atoms with van der Waals surface area (Å²) in [5.41, 5.74) is 0.481. The van der Waals surface area contributed by atoms with E-state index < -0.39 is 15.6 Å². The highest BCUT2D eigenvalue weighted by Crippen LogP contribution is 2.25. The fourth-order valence-electron chi connectivity index (χ4n) is 1.87. The lowest BCUT2D eigenvalue weighted by atomic mass is 10.1. The summed E-state index contributed by atoms with van der Waals surface area (Å²) in [6.07, 6.45) is 2.43. The van der Waals surface area contributed by atoms with Crippen molar-refractivity contribution in [2.24, 2.45) is 0 Å². The van der Waals surface area contributed by atoms with Gasteiger partial charge in [0.15, 0.2) is 0 Å². The standard InChI is InChI=1S/C14H21BrN2O2S/c1-14(2,3)17-20(18,19)13-8-10(4-7-12(13)15)9-16-11-5-6-11/h4,7-8,11,16-17H,5-6,9H2,1-3H3. The van der Waals surface area contributed by atoms with E-state index in [0.29, 0.717) is 22.0 Å². The van der Waals surface area contributed by atoms with Gasteiger partial charge in [0.05, 0.1) is 4.90 Å². The number of halogens is 1. The molecule has 0 spiro atoms. The molecule has 1 aromatic rings. The van der Waals surface area contributed by atoms with Gasteiger partial charge >= 0.3 is 0 Å². The predicted octanol–water partition coefficient (Wildman–Crippen LogP) is 2.78. The van der Waals surface area contributed by atoms with E-state index in [1.54, 1.807) is 12.1 Å². The maximum Gasteiger partial charge on any atom is 0.242 e. The first-order valence-electron chi connectivity index (χ1n) is 6.73. The molecule has 0 aromatic heterocycles. The molecule has 0 bridgehead atoms. The molecule has 0 unspecified atom stereocenters. The molecule has 0 aliphatic heterocycles. The molecule has 1 aromatic carbocycles. The van der Waals surface area contributed by atoms with E-state index in [4.69, 9.17) is 0 Å². The van der Waals surface area contributed by atoms with E-state index in [0.717, 1.165) is 5.56 Å². The number of hydrogen-bond donors (Lipinski definition) is 2. The molecule has 0 atom stereocenters. The van der Waals surface area contributed by atoms with Crippen molar-refractivity contribution in [3.8, 4) is 0 Å². The van der Waals surface area contributed by atoms with Gasteiger partial charge in [-0.3, -0.25) is 0 Å². The van der Waals surface area contributed by atoms with Crippen molar-refractivity contribution in [3.05, 3.63) is 28.2 Å². The minimum Gasteiger partial charge on any atom is -0.310 e. The van der Waals surface area contributed by atoms with Crippen LogP contribution < -0.4 is 10.0 Å². The van der Waals surface area contributed by atoms with Crippen molar-refractivity contribution in [2.75, 3.05) is 0 Å². The first-order valence-corrected chi connectivity index (χ1v) is 9.01. The molecule has 1 fully saturated rings. The molecule has 0 saturated heterocycles. The number of nitrogens with one attached hydrogen (secondary N) is 2. The molecule has 20 heavy (non-hydrogen) atoms. The average Bonchev–Trinajstić information content (AvgIpc) is 3.08. The average molecular weight is 361 g/mol. The van der Waals surface area contributed by atoms with E-state index in [-0.39, 0.29) is 0 Å². The van der Waals surface area contributed by atoms with Gasteiger partial charge in [-0.2, -0.15) is 0 Å². The Hall–Kier alpha value is -0.430. The number of hydrogen-bond acceptors (Lipinski definition) is 3. The Labute approximate surface area is 129 Å². The van der Waals surface area contributed by atoms with Crippen LogP contribution in [0, 0.1) is 0 Å². The van der Waals surface area contributed by atoms with Crippen molar-refractivity contribution in [1.29, 1.82) is 0 Å². The van der Waals surface area contributed by atoms with Gasteiger partial charge in [0.1, 0.15) is 0 Å². The smallest absolute Gasteiger partial charge is 0.242 e. The van der Waals surface area contributed by atoms with E-state index in [9.17, 15) is 8.42 Å². The minimum absolute atomic E-state index is 0.294. The first-order chi connectivity index (χ1) is 9.17. The van der Waals surface area contributed by atoms with Gasteiger partial charge < -0.3 is 5.32 Å². The summed E-state index contributed by atoms with van der Waals surface area (Å²) in [4.78, 5) is 0.294. The van der Waals surface area contributed by atoms with Crippen LogP contribution >= 0.6 is 15.9 Å². The molecule has 6 heteroatoms. The third-order valence-corrected chi connectivity index (χ3v) is 5.65. The van der Waals surface area contributed by atoms with E-state index >= 15 is 0 Å². The summed E-state index contributed by atoms with van der Waals surface area (Å²) in [5, 5.41) is 3.39. The van der Waals surface area contributed by atoms with Crippen LogP contribution in [0.4, 0.5) is 0 Å². The first kappa shape index (κ1) is 15.9. The summed E-state index contributed by atoms with van der Waals surface area (Å²) in [6.45, 7) is 6.20. The Balaban J connectivity index is 2.22. The second-order valence-corrected chi connectivity index (χ2v) is 8.78. The van der Waals surface area contributed by atoms with Gasteiger partial charge in [-0.1, -0.05) is 6.07 Å². The molecule has 2 N–H and O–H groups in total. The third-order valence-electron chi connectivity index (χ3n) is 2.90. The molecule has 0 amide bonds. The summed E-state index contributed by atoms with van der Waals surface area (Å²) in [5.74, 6) is 0. The van der Waals surface area contributed by atoms with E-state index in [2.05, 4.69) is 26.0 Å². The zero-order valence-corrected chi connectivity index (χ0v) is 14.4. The molecule has 1 aliphatic carbocycles. The Morgan fingerprint density at radius 3 is 2.50 bits per heavy atom. The normalized spacial score (nSPS) is 16.4. The van der Waals surface area contributed by atoms with Gasteiger partial charge in [0.25, 0.3) is 0 Å². The van der Waals surface area contributed by atoms with Gasteiger partial charge in [-0.25, -0.2) is 13.1 Å². The largest absolute Gasteiger partial charge is 0.310 e. The summed E-state index contributed by atoms with van der Waals surface area (Å²) in [7, 11) is -3.52. The van der Waals surface area contributed by atoms with Crippen LogP contribution in [0.5, 0.6) is 0 Å². The van der Waals surface area contributed by atoms with Gasteiger partial charge in [-0.15, -0.1) is 0 Å². The maximum atomic E-state index is 12.4. The zero-order chi connectivity index (χ0) is 15.0. The van der Waals surface area contributed by atoms with Gasteiger partial charge in [-0.05, 0) is 67.2 Å².